The van der Waals surface area contributed by atoms with Crippen LogP contribution in [0.2, 0.25) is 18.6 Å². The smallest absolute Gasteiger partial charge is 0.246 e. The molecule has 1 aliphatic rings. The van der Waals surface area contributed by atoms with Crippen molar-refractivity contribution in [2.45, 2.75) is 70.0 Å². The molecule has 1 N–H and O–H groups in total. The van der Waals surface area contributed by atoms with Crippen molar-refractivity contribution in [1.82, 2.24) is 15.0 Å². The molecule has 37 heavy (non-hydrogen) atoms. The Kier molecular flexibility index (Phi) is 8.89. The summed E-state index contributed by atoms with van der Waals surface area (Å²) in [7, 11) is -2.96. The van der Waals surface area contributed by atoms with Crippen LogP contribution in [-0.2, 0) is 28.9 Å². The van der Waals surface area contributed by atoms with Crippen LogP contribution in [-0.4, -0.2) is 53.7 Å². The first kappa shape index (κ1) is 27.2. The first-order valence-electron chi connectivity index (χ1n) is 13.0. The van der Waals surface area contributed by atoms with Crippen molar-refractivity contribution < 1.29 is 18.7 Å². The second kappa shape index (κ2) is 12.1. The number of rotatable bonds is 12. The Morgan fingerprint density at radius 1 is 1.08 bits per heavy atom. The molecule has 0 unspecified atom stereocenters. The molecule has 9 heteroatoms. The molecule has 1 aromatic heterocycles. The van der Waals surface area contributed by atoms with E-state index in [4.69, 9.17) is 9.84 Å². The van der Waals surface area contributed by atoms with Crippen LogP contribution >= 0.6 is 0 Å². The summed E-state index contributed by atoms with van der Waals surface area (Å²) in [5, 5.41) is 17.3. The maximum absolute atomic E-state index is 15.5. The molecule has 1 saturated heterocycles. The first-order chi connectivity index (χ1) is 17.8. The second-order valence-corrected chi connectivity index (χ2v) is 14.2. The average molecular weight is 525 g/mol. The summed E-state index contributed by atoms with van der Waals surface area (Å²) < 4.78 is 23.7. The number of aryl methyl sites for hydroxylation is 2. The molecule has 0 aliphatic carbocycles. The fourth-order valence-electron chi connectivity index (χ4n) is 5.62. The van der Waals surface area contributed by atoms with Crippen LogP contribution in [0.25, 0.3) is 0 Å². The molecule has 4 atom stereocenters. The lowest BCUT2D eigenvalue weighted by molar-refractivity contribution is -0.106. The summed E-state index contributed by atoms with van der Waals surface area (Å²) >= 11 is 0. The Labute approximate surface area is 219 Å². The molecule has 1 fully saturated rings. The molecular formula is C28H37FN4O3Si. The number of aliphatic hydroxyl groups excluding tert-OH is 1. The fourth-order valence-corrected chi connectivity index (χ4v) is 8.21. The number of aliphatic hydroxyl groups is 1. The summed E-state index contributed by atoms with van der Waals surface area (Å²) in [6.45, 7) is 6.33. The zero-order valence-corrected chi connectivity index (χ0v) is 22.8. The van der Waals surface area contributed by atoms with E-state index >= 15 is 4.11 Å². The van der Waals surface area contributed by atoms with E-state index in [-0.39, 0.29) is 30.3 Å². The van der Waals surface area contributed by atoms with Gasteiger partial charge in [0.25, 0.3) is 0 Å². The molecule has 198 valence electrons. The van der Waals surface area contributed by atoms with Gasteiger partial charge in [-0.2, -0.15) is 0 Å². The number of ether oxygens (including phenoxy) is 1. The maximum atomic E-state index is 15.5. The van der Waals surface area contributed by atoms with E-state index in [2.05, 4.69) is 23.3 Å². The topological polar surface area (TPSA) is 80.5 Å². The van der Waals surface area contributed by atoms with E-state index in [1.54, 1.807) is 22.7 Å². The van der Waals surface area contributed by atoms with Crippen LogP contribution < -0.4 is 4.90 Å². The van der Waals surface area contributed by atoms with Crippen LogP contribution in [0, 0.1) is 5.92 Å². The molecule has 2 aromatic carbocycles. The molecule has 0 radical (unpaired) electrons. The van der Waals surface area contributed by atoms with E-state index < -0.39 is 8.41 Å². The lowest BCUT2D eigenvalue weighted by Crippen LogP contribution is -2.36. The zero-order valence-electron chi connectivity index (χ0n) is 21.8. The number of carbonyl (C=O) groups is 1. The minimum absolute atomic E-state index is 0.0295. The largest absolute Gasteiger partial charge is 0.396 e. The van der Waals surface area contributed by atoms with E-state index in [1.165, 1.54) is 0 Å². The number of para-hydroxylation sites is 1. The third-order valence-corrected chi connectivity index (χ3v) is 9.82. The van der Waals surface area contributed by atoms with Crippen molar-refractivity contribution in [1.29, 1.82) is 0 Å². The van der Waals surface area contributed by atoms with E-state index in [1.807, 2.05) is 54.7 Å². The van der Waals surface area contributed by atoms with Crippen LogP contribution in [0.15, 0.2) is 60.8 Å². The summed E-state index contributed by atoms with van der Waals surface area (Å²) in [6, 6.07) is 17.6. The van der Waals surface area contributed by atoms with Gasteiger partial charge in [0.1, 0.15) is 0 Å². The minimum Gasteiger partial charge on any atom is -0.396 e. The van der Waals surface area contributed by atoms with Gasteiger partial charge in [-0.15, -0.1) is 5.10 Å². The van der Waals surface area contributed by atoms with Gasteiger partial charge in [-0.25, -0.2) is 0 Å². The number of amides is 1. The third-order valence-electron chi connectivity index (χ3n) is 7.34. The summed E-state index contributed by atoms with van der Waals surface area (Å²) in [5.74, 6) is 0.122. The number of hydrogen-bond donors (Lipinski definition) is 1. The molecule has 1 aliphatic heterocycles. The van der Waals surface area contributed by atoms with Gasteiger partial charge in [-0.1, -0.05) is 42.5 Å². The third kappa shape index (κ3) is 6.71. The highest BCUT2D eigenvalue weighted by Gasteiger charge is 2.50. The SMILES string of the molecule is C[C@H]1[C@H]([Si](C)(C)F)[C@@H](CCn2cc(CCO)nn2)O[C@H]1CCc1cccc(N(C=O)c2ccccc2)c1. The predicted molar refractivity (Wildman–Crippen MR) is 145 cm³/mol. The molecule has 4 rings (SSSR count). The summed E-state index contributed by atoms with van der Waals surface area (Å²) in [6.07, 6.45) is 5.21. The normalized spacial score (nSPS) is 21.8. The van der Waals surface area contributed by atoms with Crippen LogP contribution in [0.3, 0.4) is 0 Å². The lowest BCUT2D eigenvalue weighted by atomic mass is 9.95. The van der Waals surface area contributed by atoms with Gasteiger partial charge in [0.2, 0.25) is 14.8 Å². The fraction of sp³-hybridized carbons (Fsp3) is 0.464. The molecular weight excluding hydrogens is 487 g/mol. The van der Waals surface area contributed by atoms with E-state index in [0.717, 1.165) is 41.9 Å². The van der Waals surface area contributed by atoms with Gasteiger partial charge in [-0.05, 0) is 68.1 Å². The molecule has 0 bridgehead atoms. The number of carbonyl (C=O) groups excluding carboxylic acids is 1. The Balaban J connectivity index is 1.41. The highest BCUT2D eigenvalue weighted by Crippen LogP contribution is 2.47. The number of halogens is 1. The van der Waals surface area contributed by atoms with Crippen molar-refractivity contribution in [2.24, 2.45) is 5.92 Å². The number of hydrogen-bond acceptors (Lipinski definition) is 5. The predicted octanol–water partition coefficient (Wildman–Crippen LogP) is 5.08. The summed E-state index contributed by atoms with van der Waals surface area (Å²) in [5.41, 5.74) is 3.42. The van der Waals surface area contributed by atoms with Gasteiger partial charge in [-0.3, -0.25) is 14.4 Å². The maximum Gasteiger partial charge on any atom is 0.246 e. The number of aromatic nitrogens is 3. The molecule has 0 saturated carbocycles. The van der Waals surface area contributed by atoms with Gasteiger partial charge >= 0.3 is 0 Å². The van der Waals surface area contributed by atoms with Crippen LogP contribution in [0.4, 0.5) is 15.5 Å². The van der Waals surface area contributed by atoms with E-state index in [9.17, 15) is 4.79 Å². The Hall–Kier alpha value is -2.88. The minimum atomic E-state index is -2.96. The van der Waals surface area contributed by atoms with Gasteiger partial charge in [0.05, 0.1) is 17.9 Å². The Morgan fingerprint density at radius 3 is 2.54 bits per heavy atom. The van der Waals surface area contributed by atoms with Crippen molar-refractivity contribution in [3.8, 4) is 0 Å². The first-order valence-corrected chi connectivity index (χ1v) is 16.0. The quantitative estimate of drug-likeness (QED) is 0.203. The van der Waals surface area contributed by atoms with Crippen LogP contribution in [0.5, 0.6) is 0 Å². The highest BCUT2D eigenvalue weighted by molar-refractivity contribution is 6.72. The van der Waals surface area contributed by atoms with Crippen molar-refractivity contribution in [3.63, 3.8) is 0 Å². The lowest BCUT2D eigenvalue weighted by Gasteiger charge is -2.28. The highest BCUT2D eigenvalue weighted by atomic mass is 28.4. The Bertz CT molecular complexity index is 1150. The molecule has 2 heterocycles. The molecule has 1 amide bonds. The standard InChI is InChI=1S/C28H37FN4O3Si/c1-21-26(13-12-22-8-7-11-25(18-22)33(20-35)24-9-5-4-6-10-24)36-27(28(21)37(2,3)29)14-16-32-19-23(15-17-34)30-31-32/h4-11,18-21,26-28,34H,12-17H2,1-3H3/t21-,26+,27-,28+/m1/s1. The van der Waals surface area contributed by atoms with E-state index in [0.29, 0.717) is 19.4 Å². The molecule has 3 aromatic rings. The van der Waals surface area contributed by atoms with Crippen molar-refractivity contribution in [2.75, 3.05) is 11.5 Å². The van der Waals surface area contributed by atoms with Crippen LogP contribution in [0.1, 0.15) is 31.0 Å². The van der Waals surface area contributed by atoms with Gasteiger partial charge < -0.3 is 14.0 Å². The second-order valence-electron chi connectivity index (χ2n) is 10.4. The zero-order chi connectivity index (χ0) is 26.4. The van der Waals surface area contributed by atoms with Crippen molar-refractivity contribution in [3.05, 3.63) is 72.1 Å². The summed E-state index contributed by atoms with van der Waals surface area (Å²) in [4.78, 5) is 13.5. The monoisotopic (exact) mass is 524 g/mol. The van der Waals surface area contributed by atoms with Crippen molar-refractivity contribution >= 4 is 26.2 Å². The molecule has 0 spiro atoms. The average Bonchev–Trinajstić information content (AvgIpc) is 3.46. The number of benzene rings is 2. The van der Waals surface area contributed by atoms with Gasteiger partial charge in [0.15, 0.2) is 0 Å². The number of nitrogens with zero attached hydrogens (tertiary/aromatic N) is 4. The number of anilines is 2. The van der Waals surface area contributed by atoms with Gasteiger partial charge in [0, 0.05) is 42.7 Å². The molecule has 7 nitrogen and oxygen atoms in total. The Morgan fingerprint density at radius 2 is 1.84 bits per heavy atom.